The van der Waals surface area contributed by atoms with Crippen LogP contribution in [0.15, 0.2) is 36.4 Å². The summed E-state index contributed by atoms with van der Waals surface area (Å²) in [4.78, 5) is 22.9. The molecule has 1 N–H and O–H groups in total. The Morgan fingerprint density at radius 2 is 2.12 bits per heavy atom. The van der Waals surface area contributed by atoms with E-state index in [9.17, 15) is 14.9 Å². The highest BCUT2D eigenvalue weighted by Crippen LogP contribution is 2.33. The van der Waals surface area contributed by atoms with Crippen LogP contribution in [0.3, 0.4) is 0 Å². The third-order valence-corrected chi connectivity index (χ3v) is 3.25. The molecule has 0 radical (unpaired) electrons. The van der Waals surface area contributed by atoms with Crippen molar-refractivity contribution in [3.05, 3.63) is 57.6 Å². The van der Waals surface area contributed by atoms with E-state index in [1.165, 1.54) is 43.5 Å². The molecule has 2 aromatic carbocycles. The van der Waals surface area contributed by atoms with Crippen LogP contribution in [0.4, 0.5) is 11.4 Å². The number of benzene rings is 2. The first kappa shape index (κ1) is 17.7. The fourth-order valence-corrected chi connectivity index (χ4v) is 2.18. The van der Waals surface area contributed by atoms with Gasteiger partial charge in [0.25, 0.3) is 11.6 Å². The zero-order valence-electron chi connectivity index (χ0n) is 13.6. The molecule has 25 heavy (non-hydrogen) atoms. The minimum atomic E-state index is -0.570. The van der Waals surface area contributed by atoms with Crippen molar-refractivity contribution >= 4 is 17.3 Å². The Morgan fingerprint density at radius 3 is 2.72 bits per heavy atom. The van der Waals surface area contributed by atoms with E-state index >= 15 is 0 Å². The Morgan fingerprint density at radius 1 is 1.36 bits per heavy atom. The minimum Gasteiger partial charge on any atom is -0.493 e. The Hall–Kier alpha value is -3.60. The molecular weight excluding hydrogens is 326 g/mol. The number of nitriles is 1. The third-order valence-electron chi connectivity index (χ3n) is 3.25. The first-order valence-electron chi connectivity index (χ1n) is 7.30. The molecule has 0 saturated heterocycles. The van der Waals surface area contributed by atoms with E-state index in [0.717, 1.165) is 0 Å². The molecule has 8 nitrogen and oxygen atoms in total. The second kappa shape index (κ2) is 7.79. The first-order chi connectivity index (χ1) is 12.0. The van der Waals surface area contributed by atoms with Gasteiger partial charge in [0.1, 0.15) is 0 Å². The van der Waals surface area contributed by atoms with E-state index in [2.05, 4.69) is 5.32 Å². The molecular formula is C17H15N3O5. The summed E-state index contributed by atoms with van der Waals surface area (Å²) in [7, 11) is 1.40. The van der Waals surface area contributed by atoms with Crippen molar-refractivity contribution < 1.29 is 19.2 Å². The molecule has 0 heterocycles. The lowest BCUT2D eigenvalue weighted by Crippen LogP contribution is -2.15. The largest absolute Gasteiger partial charge is 0.493 e. The first-order valence-corrected chi connectivity index (χ1v) is 7.30. The molecule has 0 aliphatic carbocycles. The summed E-state index contributed by atoms with van der Waals surface area (Å²) < 4.78 is 10.7. The van der Waals surface area contributed by atoms with Gasteiger partial charge in [-0.3, -0.25) is 14.9 Å². The predicted octanol–water partition coefficient (Wildman–Crippen LogP) is 3.13. The second-order valence-corrected chi connectivity index (χ2v) is 4.86. The fraction of sp³-hybridized carbons (Fsp3) is 0.176. The number of carbonyl (C=O) groups excluding carboxylic acids is 1. The summed E-state index contributed by atoms with van der Waals surface area (Å²) in [6.45, 7) is 2.04. The highest BCUT2D eigenvalue weighted by molar-refractivity contribution is 6.07. The van der Waals surface area contributed by atoms with Crippen LogP contribution in [0.2, 0.25) is 0 Å². The molecule has 128 valence electrons. The van der Waals surface area contributed by atoms with Gasteiger partial charge in [0, 0.05) is 23.9 Å². The van der Waals surface area contributed by atoms with Crippen molar-refractivity contribution in [2.24, 2.45) is 0 Å². The maximum atomic E-state index is 12.6. The van der Waals surface area contributed by atoms with Gasteiger partial charge in [0.15, 0.2) is 11.5 Å². The number of non-ortho nitro benzene ring substituents is 1. The van der Waals surface area contributed by atoms with Crippen LogP contribution in [0.25, 0.3) is 0 Å². The summed E-state index contributed by atoms with van der Waals surface area (Å²) in [5, 5.41) is 22.5. The van der Waals surface area contributed by atoms with Crippen LogP contribution in [0.1, 0.15) is 22.8 Å². The molecule has 0 aliphatic rings. The van der Waals surface area contributed by atoms with E-state index in [0.29, 0.717) is 6.61 Å². The fourth-order valence-electron chi connectivity index (χ4n) is 2.18. The molecule has 0 atom stereocenters. The van der Waals surface area contributed by atoms with E-state index in [-0.39, 0.29) is 34.0 Å². The van der Waals surface area contributed by atoms with Crippen LogP contribution in [0, 0.1) is 21.4 Å². The van der Waals surface area contributed by atoms with Crippen LogP contribution in [-0.4, -0.2) is 24.5 Å². The van der Waals surface area contributed by atoms with Gasteiger partial charge in [-0.05, 0) is 19.1 Å². The topological polar surface area (TPSA) is 114 Å². The number of amides is 1. The maximum absolute atomic E-state index is 12.6. The molecule has 0 saturated carbocycles. The SMILES string of the molecule is CCOc1c(OC)cc(C#N)cc1C(=O)Nc1cccc([N+](=O)[O-])c1. The molecule has 2 aromatic rings. The Balaban J connectivity index is 2.42. The molecule has 0 bridgehead atoms. The smallest absolute Gasteiger partial charge is 0.271 e. The van der Waals surface area contributed by atoms with Crippen LogP contribution >= 0.6 is 0 Å². The molecule has 2 rings (SSSR count). The van der Waals surface area contributed by atoms with Crippen molar-refractivity contribution in [1.82, 2.24) is 0 Å². The summed E-state index contributed by atoms with van der Waals surface area (Å²) in [5.41, 5.74) is 0.433. The number of carbonyl (C=O) groups is 1. The van der Waals surface area contributed by atoms with Gasteiger partial charge in [-0.2, -0.15) is 5.26 Å². The monoisotopic (exact) mass is 341 g/mol. The van der Waals surface area contributed by atoms with Gasteiger partial charge in [-0.15, -0.1) is 0 Å². The van der Waals surface area contributed by atoms with Crippen molar-refractivity contribution in [3.63, 3.8) is 0 Å². The number of hydrogen-bond donors (Lipinski definition) is 1. The Kier molecular flexibility index (Phi) is 5.53. The zero-order chi connectivity index (χ0) is 18.4. The number of hydrogen-bond acceptors (Lipinski definition) is 6. The number of anilines is 1. The summed E-state index contributed by atoms with van der Waals surface area (Å²) >= 11 is 0. The number of nitrogens with one attached hydrogen (secondary N) is 1. The second-order valence-electron chi connectivity index (χ2n) is 4.86. The number of nitro groups is 1. The van der Waals surface area contributed by atoms with Crippen LogP contribution < -0.4 is 14.8 Å². The number of ether oxygens (including phenoxy) is 2. The van der Waals surface area contributed by atoms with Gasteiger partial charge in [0.05, 0.1) is 35.8 Å². The molecule has 0 aliphatic heterocycles. The van der Waals surface area contributed by atoms with E-state index in [4.69, 9.17) is 14.7 Å². The lowest BCUT2D eigenvalue weighted by atomic mass is 10.1. The standard InChI is InChI=1S/C17H15N3O5/c1-3-25-16-14(7-11(10-18)8-15(16)24-2)17(21)19-12-5-4-6-13(9-12)20(22)23/h4-9H,3H2,1-2H3,(H,19,21). The summed E-state index contributed by atoms with van der Waals surface area (Å²) in [6.07, 6.45) is 0. The van der Waals surface area contributed by atoms with Gasteiger partial charge in [0.2, 0.25) is 0 Å². The van der Waals surface area contributed by atoms with Crippen molar-refractivity contribution in [1.29, 1.82) is 5.26 Å². The van der Waals surface area contributed by atoms with Crippen molar-refractivity contribution in [3.8, 4) is 17.6 Å². The van der Waals surface area contributed by atoms with Crippen LogP contribution in [-0.2, 0) is 0 Å². The quantitative estimate of drug-likeness (QED) is 0.637. The van der Waals surface area contributed by atoms with Gasteiger partial charge >= 0.3 is 0 Å². The Labute approximate surface area is 143 Å². The number of methoxy groups -OCH3 is 1. The number of nitrogens with zero attached hydrogens (tertiary/aromatic N) is 2. The average Bonchev–Trinajstić information content (AvgIpc) is 2.62. The average molecular weight is 341 g/mol. The molecule has 8 heteroatoms. The van der Waals surface area contributed by atoms with Crippen molar-refractivity contribution in [2.75, 3.05) is 19.0 Å². The van der Waals surface area contributed by atoms with E-state index < -0.39 is 10.8 Å². The van der Waals surface area contributed by atoms with Gasteiger partial charge < -0.3 is 14.8 Å². The lowest BCUT2D eigenvalue weighted by molar-refractivity contribution is -0.384. The van der Waals surface area contributed by atoms with E-state index in [1.54, 1.807) is 6.92 Å². The molecule has 1 amide bonds. The van der Waals surface area contributed by atoms with Crippen molar-refractivity contribution in [2.45, 2.75) is 6.92 Å². The third kappa shape index (κ3) is 4.03. The van der Waals surface area contributed by atoms with E-state index in [1.807, 2.05) is 6.07 Å². The van der Waals surface area contributed by atoms with Crippen LogP contribution in [0.5, 0.6) is 11.5 Å². The summed E-state index contributed by atoms with van der Waals surface area (Å²) in [5.74, 6) is -0.114. The number of nitro benzene ring substituents is 1. The maximum Gasteiger partial charge on any atom is 0.271 e. The molecule has 0 fully saturated rings. The summed E-state index contributed by atoms with van der Waals surface area (Å²) in [6, 6.07) is 10.3. The van der Waals surface area contributed by atoms with Gasteiger partial charge in [-0.25, -0.2) is 0 Å². The highest BCUT2D eigenvalue weighted by atomic mass is 16.6. The number of rotatable bonds is 6. The lowest BCUT2D eigenvalue weighted by Gasteiger charge is -2.14. The normalized spacial score (nSPS) is 9.80. The molecule has 0 aromatic heterocycles. The highest BCUT2D eigenvalue weighted by Gasteiger charge is 2.20. The molecule has 0 unspecified atom stereocenters. The molecule has 0 spiro atoms. The Bertz CT molecular complexity index is 858. The predicted molar refractivity (Wildman–Crippen MR) is 89.9 cm³/mol. The minimum absolute atomic E-state index is 0.101. The van der Waals surface area contributed by atoms with Gasteiger partial charge in [-0.1, -0.05) is 6.07 Å². The zero-order valence-corrected chi connectivity index (χ0v) is 13.6.